The number of nitrogens with one attached hydrogen (secondary N) is 2. The van der Waals surface area contributed by atoms with Gasteiger partial charge in [-0.3, -0.25) is 0 Å². The van der Waals surface area contributed by atoms with Gasteiger partial charge >= 0.3 is 0 Å². The molecule has 0 spiro atoms. The molecule has 28 heavy (non-hydrogen) atoms. The van der Waals surface area contributed by atoms with Crippen LogP contribution in [0.3, 0.4) is 0 Å². The summed E-state index contributed by atoms with van der Waals surface area (Å²) in [6.07, 6.45) is 2.27. The molecule has 2 N–H and O–H groups in total. The summed E-state index contributed by atoms with van der Waals surface area (Å²) in [5, 5.41) is 2.64. The summed E-state index contributed by atoms with van der Waals surface area (Å²) in [5.74, 6) is -1.34. The molecule has 0 radical (unpaired) electrons. The summed E-state index contributed by atoms with van der Waals surface area (Å²) in [5.41, 5.74) is 0.721. The van der Waals surface area contributed by atoms with Gasteiger partial charge in [-0.15, -0.1) is 0 Å². The first-order chi connectivity index (χ1) is 13.1. The number of aryl methyl sites for hydroxylation is 1. The normalized spacial score (nSPS) is 12.8. The number of imidazole rings is 1. The lowest BCUT2D eigenvalue weighted by Gasteiger charge is -2.18. The lowest BCUT2D eigenvalue weighted by atomic mass is 10.1. The van der Waals surface area contributed by atoms with Gasteiger partial charge in [0, 0.05) is 12.5 Å². The second kappa shape index (κ2) is 7.65. The van der Waals surface area contributed by atoms with E-state index in [0.717, 1.165) is 18.4 Å². The first kappa shape index (κ1) is 20.5. The van der Waals surface area contributed by atoms with Crippen molar-refractivity contribution in [1.29, 1.82) is 0 Å². The number of rotatable bonds is 5. The Balaban J connectivity index is 2.13. The predicted molar refractivity (Wildman–Crippen MR) is 103 cm³/mol. The number of aromatic nitrogens is 3. The van der Waals surface area contributed by atoms with Gasteiger partial charge in [-0.05, 0) is 30.7 Å². The van der Waals surface area contributed by atoms with Gasteiger partial charge in [-0.1, -0.05) is 29.3 Å². The number of sulfone groups is 1. The monoisotopic (exact) mass is 446 g/mol. The van der Waals surface area contributed by atoms with Crippen LogP contribution in [0.15, 0.2) is 35.5 Å². The molecule has 1 aromatic carbocycles. The molecule has 2 aromatic heterocycles. The third-order valence-corrected chi connectivity index (χ3v) is 5.45. The van der Waals surface area contributed by atoms with Gasteiger partial charge in [0.05, 0.1) is 15.7 Å². The molecular weight excluding hydrogens is 433 g/mol. The Bertz CT molecular complexity index is 1150. The fourth-order valence-corrected chi connectivity index (χ4v) is 3.83. The van der Waals surface area contributed by atoms with E-state index in [1.807, 2.05) is 0 Å². The number of aromatic amines is 1. The van der Waals surface area contributed by atoms with Crippen molar-refractivity contribution < 1.29 is 17.2 Å². The molecule has 3 rings (SSSR count). The minimum Gasteiger partial charge on any atom is -0.354 e. The molecular formula is C17H14Cl2F2N4O2S. The van der Waals surface area contributed by atoms with Gasteiger partial charge < -0.3 is 10.3 Å². The van der Waals surface area contributed by atoms with Gasteiger partial charge in [0.2, 0.25) is 0 Å². The van der Waals surface area contributed by atoms with Gasteiger partial charge in [0.15, 0.2) is 26.5 Å². The van der Waals surface area contributed by atoms with Gasteiger partial charge in [0.1, 0.15) is 17.7 Å². The number of pyridine rings is 1. The van der Waals surface area contributed by atoms with E-state index in [1.54, 1.807) is 6.92 Å². The maximum absolute atomic E-state index is 14.2. The van der Waals surface area contributed by atoms with Crippen molar-refractivity contribution in [1.82, 2.24) is 15.0 Å². The van der Waals surface area contributed by atoms with Crippen LogP contribution in [-0.4, -0.2) is 29.6 Å². The highest BCUT2D eigenvalue weighted by Crippen LogP contribution is 2.30. The van der Waals surface area contributed by atoms with Crippen molar-refractivity contribution in [3.05, 3.63) is 69.2 Å². The lowest BCUT2D eigenvalue weighted by Crippen LogP contribution is -2.16. The minimum absolute atomic E-state index is 0.109. The van der Waals surface area contributed by atoms with E-state index in [4.69, 9.17) is 23.2 Å². The maximum atomic E-state index is 14.2. The zero-order chi connectivity index (χ0) is 20.6. The van der Waals surface area contributed by atoms with E-state index >= 15 is 0 Å². The number of anilines is 1. The second-order valence-electron chi connectivity index (χ2n) is 6.06. The SMILES string of the molecule is Cc1[nH]c(C(Nc2ncc(Cl)cc2F)c2ccc(F)c(Cl)c2)nc1S(C)(=O)=O. The molecule has 11 heteroatoms. The Labute approximate surface area is 169 Å². The van der Waals surface area contributed by atoms with E-state index in [1.165, 1.54) is 18.3 Å². The van der Waals surface area contributed by atoms with E-state index in [-0.39, 0.29) is 26.7 Å². The topological polar surface area (TPSA) is 87.7 Å². The van der Waals surface area contributed by atoms with E-state index < -0.39 is 27.5 Å². The van der Waals surface area contributed by atoms with Crippen LogP contribution in [0.5, 0.6) is 0 Å². The highest BCUT2D eigenvalue weighted by molar-refractivity contribution is 7.90. The van der Waals surface area contributed by atoms with Crippen molar-refractivity contribution in [2.24, 2.45) is 0 Å². The Morgan fingerprint density at radius 1 is 1.18 bits per heavy atom. The number of hydrogen-bond acceptors (Lipinski definition) is 5. The summed E-state index contributed by atoms with van der Waals surface area (Å²) < 4.78 is 51.6. The van der Waals surface area contributed by atoms with Crippen molar-refractivity contribution >= 4 is 38.9 Å². The molecule has 1 atom stereocenters. The third kappa shape index (κ3) is 4.26. The second-order valence-corrected chi connectivity index (χ2v) is 8.83. The van der Waals surface area contributed by atoms with Crippen LogP contribution in [0, 0.1) is 18.6 Å². The molecule has 148 valence electrons. The van der Waals surface area contributed by atoms with Crippen molar-refractivity contribution in [2.75, 3.05) is 11.6 Å². The molecule has 0 fully saturated rings. The van der Waals surface area contributed by atoms with Crippen LogP contribution in [0.2, 0.25) is 10.0 Å². The van der Waals surface area contributed by atoms with Gasteiger partial charge in [0.25, 0.3) is 0 Å². The molecule has 0 saturated heterocycles. The average molecular weight is 447 g/mol. The maximum Gasteiger partial charge on any atom is 0.194 e. The third-order valence-electron chi connectivity index (χ3n) is 3.85. The molecule has 0 bridgehead atoms. The summed E-state index contributed by atoms with van der Waals surface area (Å²) in [6.45, 7) is 1.54. The molecule has 0 aliphatic rings. The van der Waals surface area contributed by atoms with Crippen LogP contribution in [0.4, 0.5) is 14.6 Å². The van der Waals surface area contributed by atoms with Gasteiger partial charge in [-0.25, -0.2) is 27.2 Å². The van der Waals surface area contributed by atoms with Crippen molar-refractivity contribution in [2.45, 2.75) is 18.0 Å². The van der Waals surface area contributed by atoms with Crippen molar-refractivity contribution in [3.8, 4) is 0 Å². The number of hydrogen-bond donors (Lipinski definition) is 2. The predicted octanol–water partition coefficient (Wildman–Crippen LogP) is 4.30. The largest absolute Gasteiger partial charge is 0.354 e. The lowest BCUT2D eigenvalue weighted by molar-refractivity contribution is 0.597. The van der Waals surface area contributed by atoms with Crippen molar-refractivity contribution in [3.63, 3.8) is 0 Å². The Morgan fingerprint density at radius 2 is 1.89 bits per heavy atom. The van der Waals surface area contributed by atoms with Crippen LogP contribution >= 0.6 is 23.2 Å². The first-order valence-electron chi connectivity index (χ1n) is 7.85. The molecule has 3 aromatic rings. The molecule has 2 heterocycles. The Hall–Kier alpha value is -2.23. The molecule has 1 unspecified atom stereocenters. The molecule has 0 aliphatic heterocycles. The zero-order valence-electron chi connectivity index (χ0n) is 14.6. The molecule has 0 aliphatic carbocycles. The highest BCUT2D eigenvalue weighted by atomic mass is 35.5. The van der Waals surface area contributed by atoms with E-state index in [0.29, 0.717) is 11.3 Å². The fourth-order valence-electron chi connectivity index (χ4n) is 2.62. The molecule has 6 nitrogen and oxygen atoms in total. The number of benzene rings is 1. The van der Waals surface area contributed by atoms with Gasteiger partial charge in [-0.2, -0.15) is 0 Å². The minimum atomic E-state index is -3.59. The zero-order valence-corrected chi connectivity index (χ0v) is 16.9. The van der Waals surface area contributed by atoms with Crippen LogP contribution in [0.1, 0.15) is 23.1 Å². The standard InChI is InChI=1S/C17H14Cl2F2N4O2S/c1-8-17(28(2,26)27)25-16(23-8)14(9-3-4-12(20)11(19)5-9)24-15-13(21)6-10(18)7-22-15/h3-7,14H,1-2H3,(H,22,24)(H,23,25). The first-order valence-corrected chi connectivity index (χ1v) is 10.5. The van der Waals surface area contributed by atoms with Crippen LogP contribution in [0.25, 0.3) is 0 Å². The number of nitrogens with zero attached hydrogens (tertiary/aromatic N) is 2. The summed E-state index contributed by atoms with van der Waals surface area (Å²) >= 11 is 11.6. The van der Waals surface area contributed by atoms with E-state index in [9.17, 15) is 17.2 Å². The Kier molecular flexibility index (Phi) is 5.60. The van der Waals surface area contributed by atoms with Crippen LogP contribution in [-0.2, 0) is 9.84 Å². The molecule has 0 amide bonds. The number of H-pyrrole nitrogens is 1. The van der Waals surface area contributed by atoms with Crippen LogP contribution < -0.4 is 5.32 Å². The molecule has 0 saturated carbocycles. The summed E-state index contributed by atoms with van der Waals surface area (Å²) in [7, 11) is -3.59. The fraction of sp³-hybridized carbons (Fsp3) is 0.176. The highest BCUT2D eigenvalue weighted by Gasteiger charge is 2.25. The smallest absolute Gasteiger partial charge is 0.194 e. The average Bonchev–Trinajstić information content (AvgIpc) is 2.99. The van der Waals surface area contributed by atoms with E-state index in [2.05, 4.69) is 20.3 Å². The summed E-state index contributed by atoms with van der Waals surface area (Å²) in [4.78, 5) is 10.9. The summed E-state index contributed by atoms with van der Waals surface area (Å²) in [6, 6.07) is 4.08. The number of halogens is 4. The quantitative estimate of drug-likeness (QED) is 0.609. The Morgan fingerprint density at radius 3 is 2.46 bits per heavy atom.